The standard InChI is InChI=1S/C7H13N5O3S/c1-5-9-3-7(10-5)16(14,15)12(2)4-6(8)11-13/h3,13H,4H2,1-2H3,(H2,8,11)(H,9,10). The van der Waals surface area contributed by atoms with Gasteiger partial charge >= 0.3 is 0 Å². The van der Waals surface area contributed by atoms with Gasteiger partial charge in [-0.15, -0.1) is 0 Å². The van der Waals surface area contributed by atoms with Gasteiger partial charge in [-0.25, -0.2) is 13.4 Å². The van der Waals surface area contributed by atoms with E-state index in [-0.39, 0.29) is 17.4 Å². The highest BCUT2D eigenvalue weighted by Crippen LogP contribution is 2.10. The fourth-order valence-electron chi connectivity index (χ4n) is 1.04. The Morgan fingerprint density at radius 3 is 2.81 bits per heavy atom. The number of sulfonamides is 1. The molecule has 0 aliphatic rings. The van der Waals surface area contributed by atoms with Gasteiger partial charge in [0.2, 0.25) is 0 Å². The Hall–Kier alpha value is -1.61. The number of hydrogen-bond acceptors (Lipinski definition) is 5. The second kappa shape index (κ2) is 4.49. The third-order valence-corrected chi connectivity index (χ3v) is 3.59. The average Bonchev–Trinajstić information content (AvgIpc) is 2.65. The number of rotatable bonds is 4. The molecule has 16 heavy (non-hydrogen) atoms. The number of nitrogens with two attached hydrogens (primary N) is 1. The number of imidazole rings is 1. The lowest BCUT2D eigenvalue weighted by molar-refractivity contribution is 0.315. The smallest absolute Gasteiger partial charge is 0.260 e. The molecule has 8 nitrogen and oxygen atoms in total. The Morgan fingerprint density at radius 2 is 2.38 bits per heavy atom. The second-order valence-corrected chi connectivity index (χ2v) is 5.20. The molecule has 0 radical (unpaired) electrons. The van der Waals surface area contributed by atoms with Crippen LogP contribution in [0.1, 0.15) is 5.82 Å². The number of aromatic amines is 1. The highest BCUT2D eigenvalue weighted by molar-refractivity contribution is 7.89. The van der Waals surface area contributed by atoms with Crippen LogP contribution in [0.2, 0.25) is 0 Å². The van der Waals surface area contributed by atoms with Gasteiger partial charge in [-0.1, -0.05) is 5.16 Å². The van der Waals surface area contributed by atoms with Crippen LogP contribution < -0.4 is 5.73 Å². The zero-order valence-corrected chi connectivity index (χ0v) is 9.69. The van der Waals surface area contributed by atoms with Gasteiger partial charge in [0.15, 0.2) is 10.9 Å². The molecule has 0 amide bonds. The molecule has 1 aromatic rings. The molecule has 1 heterocycles. The molecule has 1 rings (SSSR count). The van der Waals surface area contributed by atoms with E-state index in [1.165, 1.54) is 13.2 Å². The lowest BCUT2D eigenvalue weighted by Crippen LogP contribution is -2.35. The van der Waals surface area contributed by atoms with Gasteiger partial charge in [0, 0.05) is 7.05 Å². The normalized spacial score (nSPS) is 13.3. The Bertz CT molecular complexity index is 492. The molecule has 0 bridgehead atoms. The first-order valence-corrected chi connectivity index (χ1v) is 5.76. The van der Waals surface area contributed by atoms with Gasteiger partial charge in [-0.05, 0) is 6.92 Å². The van der Waals surface area contributed by atoms with Gasteiger partial charge in [0.05, 0.1) is 12.7 Å². The van der Waals surface area contributed by atoms with E-state index < -0.39 is 10.0 Å². The van der Waals surface area contributed by atoms with Gasteiger partial charge in [-0.2, -0.15) is 4.31 Å². The first-order valence-electron chi connectivity index (χ1n) is 4.32. The third-order valence-electron chi connectivity index (χ3n) is 1.88. The maximum Gasteiger partial charge on any atom is 0.260 e. The number of aryl methyl sites for hydroxylation is 1. The summed E-state index contributed by atoms with van der Waals surface area (Å²) < 4.78 is 24.7. The number of H-pyrrole nitrogens is 1. The van der Waals surface area contributed by atoms with Gasteiger partial charge in [-0.3, -0.25) is 0 Å². The lowest BCUT2D eigenvalue weighted by atomic mass is 10.6. The summed E-state index contributed by atoms with van der Waals surface area (Å²) in [4.78, 5) is 6.40. The summed E-state index contributed by atoms with van der Waals surface area (Å²) >= 11 is 0. The zero-order valence-electron chi connectivity index (χ0n) is 8.88. The highest BCUT2D eigenvalue weighted by Gasteiger charge is 2.23. The van der Waals surface area contributed by atoms with Gasteiger partial charge < -0.3 is 15.9 Å². The topological polar surface area (TPSA) is 125 Å². The van der Waals surface area contributed by atoms with Crippen LogP contribution in [0.3, 0.4) is 0 Å². The van der Waals surface area contributed by atoms with E-state index in [1.807, 2.05) is 0 Å². The Balaban J connectivity index is 2.94. The van der Waals surface area contributed by atoms with Crippen LogP contribution in [0.5, 0.6) is 0 Å². The quantitative estimate of drug-likeness (QED) is 0.275. The molecule has 0 fully saturated rings. The summed E-state index contributed by atoms with van der Waals surface area (Å²) in [6.45, 7) is 1.44. The van der Waals surface area contributed by atoms with E-state index in [0.29, 0.717) is 5.82 Å². The highest BCUT2D eigenvalue weighted by atomic mass is 32.2. The molecule has 4 N–H and O–H groups in total. The molecule has 0 aliphatic heterocycles. The molecule has 9 heteroatoms. The van der Waals surface area contributed by atoms with Crippen molar-refractivity contribution in [3.8, 4) is 0 Å². The van der Waals surface area contributed by atoms with E-state index in [1.54, 1.807) is 6.92 Å². The molecular weight excluding hydrogens is 234 g/mol. The number of amidine groups is 1. The van der Waals surface area contributed by atoms with Crippen molar-refractivity contribution in [1.82, 2.24) is 14.3 Å². The van der Waals surface area contributed by atoms with Crippen LogP contribution in [-0.2, 0) is 10.0 Å². The maximum atomic E-state index is 11.9. The monoisotopic (exact) mass is 247 g/mol. The van der Waals surface area contributed by atoms with Crippen LogP contribution in [0.25, 0.3) is 0 Å². The van der Waals surface area contributed by atoms with Crippen molar-refractivity contribution in [3.05, 3.63) is 12.0 Å². The lowest BCUT2D eigenvalue weighted by Gasteiger charge is -2.14. The van der Waals surface area contributed by atoms with E-state index in [2.05, 4.69) is 15.1 Å². The number of nitrogens with one attached hydrogen (secondary N) is 1. The summed E-state index contributed by atoms with van der Waals surface area (Å²) in [5.41, 5.74) is 5.22. The molecule has 0 aliphatic carbocycles. The SMILES string of the molecule is Cc1ncc(S(=O)(=O)N(C)CC(N)=NO)[nH]1. The number of aromatic nitrogens is 2. The first kappa shape index (κ1) is 12.5. The molecule has 0 saturated carbocycles. The summed E-state index contributed by atoms with van der Waals surface area (Å²) in [5, 5.41) is 11.0. The minimum absolute atomic E-state index is 0.0294. The van der Waals surface area contributed by atoms with Crippen molar-refractivity contribution in [2.45, 2.75) is 11.9 Å². The van der Waals surface area contributed by atoms with Crippen molar-refractivity contribution in [2.75, 3.05) is 13.6 Å². The van der Waals surface area contributed by atoms with Crippen molar-refractivity contribution in [1.29, 1.82) is 0 Å². The fourth-order valence-corrected chi connectivity index (χ4v) is 2.14. The van der Waals surface area contributed by atoms with E-state index >= 15 is 0 Å². The van der Waals surface area contributed by atoms with Crippen LogP contribution in [0.4, 0.5) is 0 Å². The largest absolute Gasteiger partial charge is 0.409 e. The Labute approximate surface area is 92.8 Å². The molecule has 90 valence electrons. The number of likely N-dealkylation sites (N-methyl/N-ethyl adjacent to an activating group) is 1. The molecular formula is C7H13N5O3S. The van der Waals surface area contributed by atoms with Crippen LogP contribution in [0, 0.1) is 6.92 Å². The van der Waals surface area contributed by atoms with Gasteiger partial charge in [0.25, 0.3) is 10.0 Å². The average molecular weight is 247 g/mol. The van der Waals surface area contributed by atoms with Crippen molar-refractivity contribution in [2.24, 2.45) is 10.9 Å². The minimum atomic E-state index is -3.68. The second-order valence-electron chi connectivity index (χ2n) is 3.19. The summed E-state index contributed by atoms with van der Waals surface area (Å²) in [7, 11) is -2.36. The number of hydrogen-bond donors (Lipinski definition) is 3. The molecule has 0 unspecified atom stereocenters. The van der Waals surface area contributed by atoms with Crippen molar-refractivity contribution < 1.29 is 13.6 Å². The van der Waals surface area contributed by atoms with E-state index in [0.717, 1.165) is 4.31 Å². The van der Waals surface area contributed by atoms with Crippen molar-refractivity contribution in [3.63, 3.8) is 0 Å². The third kappa shape index (κ3) is 2.49. The van der Waals surface area contributed by atoms with Crippen LogP contribution in [-0.4, -0.2) is 47.3 Å². The first-order chi connectivity index (χ1) is 7.37. The van der Waals surface area contributed by atoms with Crippen LogP contribution in [0.15, 0.2) is 16.4 Å². The molecule has 0 spiro atoms. The summed E-state index contributed by atoms with van der Waals surface area (Å²) in [5.74, 6) is 0.304. The molecule has 0 saturated heterocycles. The van der Waals surface area contributed by atoms with E-state index in [9.17, 15) is 8.42 Å². The van der Waals surface area contributed by atoms with Crippen LogP contribution >= 0.6 is 0 Å². The zero-order chi connectivity index (χ0) is 12.3. The molecule has 1 aromatic heterocycles. The number of nitrogens with zero attached hydrogens (tertiary/aromatic N) is 3. The predicted molar refractivity (Wildman–Crippen MR) is 56.5 cm³/mol. The maximum absolute atomic E-state index is 11.9. The van der Waals surface area contributed by atoms with E-state index in [4.69, 9.17) is 10.9 Å². The summed E-state index contributed by atoms with van der Waals surface area (Å²) in [6.07, 6.45) is 1.22. The number of oxime groups is 1. The molecule has 0 atom stereocenters. The molecule has 0 aromatic carbocycles. The summed E-state index contributed by atoms with van der Waals surface area (Å²) in [6, 6.07) is 0. The van der Waals surface area contributed by atoms with Crippen molar-refractivity contribution >= 4 is 15.9 Å². The fraction of sp³-hybridized carbons (Fsp3) is 0.429. The van der Waals surface area contributed by atoms with Gasteiger partial charge in [0.1, 0.15) is 5.82 Å². The Kier molecular flexibility index (Phi) is 3.50. The Morgan fingerprint density at radius 1 is 1.75 bits per heavy atom. The predicted octanol–water partition coefficient (Wildman–Crippen LogP) is -0.915. The minimum Gasteiger partial charge on any atom is -0.409 e.